The highest BCUT2D eigenvalue weighted by atomic mass is 35.5. The van der Waals surface area contributed by atoms with Crippen molar-refractivity contribution < 1.29 is 13.2 Å². The number of nitrogens with zero attached hydrogens (tertiary/aromatic N) is 2. The van der Waals surface area contributed by atoms with Crippen LogP contribution in [0.5, 0.6) is 0 Å². The van der Waals surface area contributed by atoms with E-state index in [1.54, 1.807) is 0 Å². The molecule has 8 heteroatoms. The van der Waals surface area contributed by atoms with Gasteiger partial charge in [0.15, 0.2) is 0 Å². The molecule has 158 valence electrons. The van der Waals surface area contributed by atoms with Crippen LogP contribution in [-0.2, 0) is 21.4 Å². The van der Waals surface area contributed by atoms with Gasteiger partial charge in [0.2, 0.25) is 15.9 Å². The molecule has 1 N–H and O–H groups in total. The molecule has 0 heterocycles. The monoisotopic (exact) mass is 437 g/mol. The van der Waals surface area contributed by atoms with Crippen molar-refractivity contribution in [3.63, 3.8) is 0 Å². The smallest absolute Gasteiger partial charge is 0.242 e. The van der Waals surface area contributed by atoms with Gasteiger partial charge in [0, 0.05) is 33.6 Å². The quantitative estimate of drug-likeness (QED) is 0.613. The molecule has 0 saturated heterocycles. The zero-order valence-electron chi connectivity index (χ0n) is 17.1. The zero-order valence-corrected chi connectivity index (χ0v) is 18.6. The van der Waals surface area contributed by atoms with Gasteiger partial charge in [0.05, 0.1) is 15.6 Å². The molecule has 0 saturated carbocycles. The van der Waals surface area contributed by atoms with Crippen molar-refractivity contribution in [3.8, 4) is 0 Å². The highest BCUT2D eigenvalue weighted by molar-refractivity contribution is 7.89. The molecule has 6 nitrogen and oxygen atoms in total. The lowest BCUT2D eigenvalue weighted by molar-refractivity contribution is -0.116. The molecular weight excluding hydrogens is 410 g/mol. The molecule has 0 atom stereocenters. The Kier molecular flexibility index (Phi) is 8.64. The van der Waals surface area contributed by atoms with Crippen LogP contribution in [-0.4, -0.2) is 50.7 Å². The van der Waals surface area contributed by atoms with Crippen molar-refractivity contribution in [3.05, 3.63) is 59.1 Å². The summed E-state index contributed by atoms with van der Waals surface area (Å²) in [6.07, 6.45) is 1.28. The largest absolute Gasteiger partial charge is 0.325 e. The van der Waals surface area contributed by atoms with Gasteiger partial charge in [0.1, 0.15) is 0 Å². The fraction of sp³-hybridized carbons (Fsp3) is 0.381. The molecule has 2 rings (SSSR count). The normalized spacial score (nSPS) is 11.8. The average molecular weight is 438 g/mol. The molecule has 2 aromatic carbocycles. The van der Waals surface area contributed by atoms with E-state index in [2.05, 4.69) is 29.3 Å². The lowest BCUT2D eigenvalue weighted by atomic mass is 10.2. The van der Waals surface area contributed by atoms with E-state index >= 15 is 0 Å². The summed E-state index contributed by atoms with van der Waals surface area (Å²) < 4.78 is 25.7. The van der Waals surface area contributed by atoms with Gasteiger partial charge in [-0.25, -0.2) is 12.7 Å². The SMILES string of the molecule is CCCN(CCC(=O)Nc1cc(S(=O)(=O)N(C)C)ccc1Cl)Cc1ccccc1. The maximum absolute atomic E-state index is 12.5. The molecule has 0 fully saturated rings. The summed E-state index contributed by atoms with van der Waals surface area (Å²) in [6.45, 7) is 4.37. The van der Waals surface area contributed by atoms with E-state index in [-0.39, 0.29) is 17.2 Å². The number of benzene rings is 2. The van der Waals surface area contributed by atoms with Crippen LogP contribution in [0.15, 0.2) is 53.4 Å². The fourth-order valence-electron chi connectivity index (χ4n) is 2.87. The Morgan fingerprint density at radius 1 is 1.07 bits per heavy atom. The summed E-state index contributed by atoms with van der Waals surface area (Å²) in [7, 11) is -0.693. The molecule has 0 unspecified atom stereocenters. The molecule has 0 aromatic heterocycles. The second kappa shape index (κ2) is 10.7. The van der Waals surface area contributed by atoms with Crippen molar-refractivity contribution in [2.75, 3.05) is 32.5 Å². The summed E-state index contributed by atoms with van der Waals surface area (Å²) >= 11 is 6.16. The molecule has 29 heavy (non-hydrogen) atoms. The van der Waals surface area contributed by atoms with Gasteiger partial charge >= 0.3 is 0 Å². The van der Waals surface area contributed by atoms with Crippen LogP contribution in [0.2, 0.25) is 5.02 Å². The number of rotatable bonds is 10. The van der Waals surface area contributed by atoms with E-state index in [0.29, 0.717) is 17.3 Å². The standard InChI is InChI=1S/C21H28ClN3O3S/c1-4-13-25(16-17-8-6-5-7-9-17)14-12-21(26)23-20-15-18(10-11-19(20)22)29(27,28)24(2)3/h5-11,15H,4,12-14,16H2,1-3H3,(H,23,26). The van der Waals surface area contributed by atoms with Gasteiger partial charge in [-0.3, -0.25) is 9.69 Å². The first-order valence-electron chi connectivity index (χ1n) is 9.52. The minimum Gasteiger partial charge on any atom is -0.325 e. The number of carbonyl (C=O) groups is 1. The third-order valence-electron chi connectivity index (χ3n) is 4.43. The number of anilines is 1. The number of sulfonamides is 1. The van der Waals surface area contributed by atoms with Crippen molar-refractivity contribution in [1.82, 2.24) is 9.21 Å². The van der Waals surface area contributed by atoms with Crippen molar-refractivity contribution >= 4 is 33.2 Å². The molecule has 0 aliphatic heterocycles. The van der Waals surface area contributed by atoms with Gasteiger partial charge in [-0.05, 0) is 36.7 Å². The fourth-order valence-corrected chi connectivity index (χ4v) is 3.96. The molecule has 0 radical (unpaired) electrons. The van der Waals surface area contributed by atoms with Crippen LogP contribution in [0.25, 0.3) is 0 Å². The van der Waals surface area contributed by atoms with Gasteiger partial charge in [0.25, 0.3) is 0 Å². The van der Waals surface area contributed by atoms with Crippen molar-refractivity contribution in [1.29, 1.82) is 0 Å². The Morgan fingerprint density at radius 2 is 1.76 bits per heavy atom. The predicted octanol–water partition coefficient (Wildman–Crippen LogP) is 3.83. The topological polar surface area (TPSA) is 69.7 Å². The van der Waals surface area contributed by atoms with Crippen LogP contribution in [0.4, 0.5) is 5.69 Å². The Balaban J connectivity index is 2.02. The lowest BCUT2D eigenvalue weighted by Crippen LogP contribution is -2.28. The summed E-state index contributed by atoms with van der Waals surface area (Å²) in [5, 5.41) is 3.04. The summed E-state index contributed by atoms with van der Waals surface area (Å²) in [5.74, 6) is -0.208. The minimum absolute atomic E-state index is 0.0823. The van der Waals surface area contributed by atoms with Gasteiger partial charge in [-0.15, -0.1) is 0 Å². The average Bonchev–Trinajstić information content (AvgIpc) is 2.68. The maximum Gasteiger partial charge on any atom is 0.242 e. The van der Waals surface area contributed by atoms with Gasteiger partial charge < -0.3 is 5.32 Å². The number of carbonyl (C=O) groups excluding carboxylic acids is 1. The number of amides is 1. The molecular formula is C21H28ClN3O3S. The Morgan fingerprint density at radius 3 is 2.38 bits per heavy atom. The van der Waals surface area contributed by atoms with Crippen LogP contribution >= 0.6 is 11.6 Å². The molecule has 0 aliphatic rings. The number of hydrogen-bond donors (Lipinski definition) is 1. The molecule has 1 amide bonds. The van der Waals surface area contributed by atoms with Gasteiger partial charge in [-0.2, -0.15) is 0 Å². The molecule has 2 aromatic rings. The Labute approximate surface area is 178 Å². The van der Waals surface area contributed by atoms with Crippen LogP contribution in [0.3, 0.4) is 0 Å². The van der Waals surface area contributed by atoms with Crippen molar-refractivity contribution in [2.45, 2.75) is 31.2 Å². The van der Waals surface area contributed by atoms with Crippen LogP contribution < -0.4 is 5.32 Å². The summed E-state index contributed by atoms with van der Waals surface area (Å²) in [5.41, 5.74) is 1.50. The van der Waals surface area contributed by atoms with E-state index in [9.17, 15) is 13.2 Å². The highest BCUT2D eigenvalue weighted by Gasteiger charge is 2.19. The van der Waals surface area contributed by atoms with Crippen LogP contribution in [0, 0.1) is 0 Å². The molecule has 0 bridgehead atoms. The van der Waals surface area contributed by atoms with E-state index in [1.165, 1.54) is 37.9 Å². The first kappa shape index (κ1) is 23.3. The maximum atomic E-state index is 12.5. The minimum atomic E-state index is -3.60. The third-order valence-corrected chi connectivity index (χ3v) is 6.58. The van der Waals surface area contributed by atoms with E-state index in [4.69, 9.17) is 11.6 Å². The number of halogens is 1. The molecule has 0 spiro atoms. The van der Waals surface area contributed by atoms with Gasteiger partial charge in [-0.1, -0.05) is 48.9 Å². The number of hydrogen-bond acceptors (Lipinski definition) is 4. The number of nitrogens with one attached hydrogen (secondary N) is 1. The predicted molar refractivity (Wildman–Crippen MR) is 118 cm³/mol. The first-order valence-corrected chi connectivity index (χ1v) is 11.3. The van der Waals surface area contributed by atoms with E-state index in [1.807, 2.05) is 18.2 Å². The second-order valence-electron chi connectivity index (χ2n) is 6.99. The first-order chi connectivity index (χ1) is 13.7. The van der Waals surface area contributed by atoms with E-state index in [0.717, 1.165) is 23.8 Å². The zero-order chi connectivity index (χ0) is 21.4. The highest BCUT2D eigenvalue weighted by Crippen LogP contribution is 2.26. The lowest BCUT2D eigenvalue weighted by Gasteiger charge is -2.21. The summed E-state index contributed by atoms with van der Waals surface area (Å²) in [4.78, 5) is 14.8. The Hall–Kier alpha value is -1.93. The third kappa shape index (κ3) is 6.82. The van der Waals surface area contributed by atoms with E-state index < -0.39 is 10.0 Å². The van der Waals surface area contributed by atoms with Crippen molar-refractivity contribution in [2.24, 2.45) is 0 Å². The van der Waals surface area contributed by atoms with Crippen LogP contribution in [0.1, 0.15) is 25.3 Å². The Bertz CT molecular complexity index is 918. The summed E-state index contributed by atoms with van der Waals surface area (Å²) in [6, 6.07) is 14.4. The molecule has 0 aliphatic carbocycles. The second-order valence-corrected chi connectivity index (χ2v) is 9.55.